The fourth-order valence-corrected chi connectivity index (χ4v) is 4.78. The van der Waals surface area contributed by atoms with Gasteiger partial charge < -0.3 is 15.7 Å². The molecule has 3 rings (SSSR count). The van der Waals surface area contributed by atoms with Crippen LogP contribution in [0.4, 0.5) is 24.9 Å². The quantitative estimate of drug-likeness (QED) is 0.632. The lowest BCUT2D eigenvalue weighted by Gasteiger charge is -2.39. The van der Waals surface area contributed by atoms with Gasteiger partial charge >= 0.3 is 6.18 Å². The van der Waals surface area contributed by atoms with E-state index < -0.39 is 33.4 Å². The van der Waals surface area contributed by atoms with E-state index in [9.17, 15) is 26.7 Å². The van der Waals surface area contributed by atoms with Crippen molar-refractivity contribution in [1.29, 1.82) is 0 Å². The van der Waals surface area contributed by atoms with Gasteiger partial charge in [0.2, 0.25) is 16.0 Å². The Kier molecular flexibility index (Phi) is 6.89. The SMILES string of the molecule is C/C(Cl)=C\[C@H]1CN(S(=O)(=O)c2ccc(N)nc2)CCN1c1ncc(C(C)(O)C(F)(F)F)cn1. The van der Waals surface area contributed by atoms with Crippen molar-refractivity contribution in [3.8, 4) is 0 Å². The van der Waals surface area contributed by atoms with Crippen LogP contribution in [0, 0.1) is 0 Å². The van der Waals surface area contributed by atoms with E-state index in [2.05, 4.69) is 15.0 Å². The number of nitrogens with zero attached hydrogens (tertiary/aromatic N) is 5. The van der Waals surface area contributed by atoms with Crippen molar-refractivity contribution in [3.05, 3.63) is 47.4 Å². The van der Waals surface area contributed by atoms with Crippen LogP contribution >= 0.6 is 11.6 Å². The van der Waals surface area contributed by atoms with E-state index in [1.54, 1.807) is 17.9 Å². The smallest absolute Gasteiger partial charge is 0.384 e. The Morgan fingerprint density at radius 2 is 1.85 bits per heavy atom. The predicted octanol–water partition coefficient (Wildman–Crippen LogP) is 2.25. The van der Waals surface area contributed by atoms with Crippen molar-refractivity contribution in [1.82, 2.24) is 19.3 Å². The molecule has 180 valence electrons. The van der Waals surface area contributed by atoms with Crippen LogP contribution in [-0.4, -0.2) is 64.6 Å². The molecule has 0 aromatic carbocycles. The van der Waals surface area contributed by atoms with Gasteiger partial charge in [0.25, 0.3) is 0 Å². The summed E-state index contributed by atoms with van der Waals surface area (Å²) in [5.74, 6) is 0.254. The maximum Gasteiger partial charge on any atom is 0.421 e. The molecule has 3 N–H and O–H groups in total. The molecule has 0 amide bonds. The molecule has 14 heteroatoms. The van der Waals surface area contributed by atoms with Crippen LogP contribution in [0.5, 0.6) is 0 Å². The topological polar surface area (TPSA) is 126 Å². The molecule has 3 heterocycles. The maximum atomic E-state index is 13.1. The van der Waals surface area contributed by atoms with Crippen molar-refractivity contribution in [3.63, 3.8) is 0 Å². The minimum atomic E-state index is -4.91. The van der Waals surface area contributed by atoms with Crippen LogP contribution in [0.3, 0.4) is 0 Å². The second-order valence-corrected chi connectivity index (χ2v) is 10.2. The highest BCUT2D eigenvalue weighted by molar-refractivity contribution is 7.89. The maximum absolute atomic E-state index is 13.1. The van der Waals surface area contributed by atoms with Crippen LogP contribution < -0.4 is 10.6 Å². The third-order valence-electron chi connectivity index (χ3n) is 5.21. The van der Waals surface area contributed by atoms with Crippen molar-refractivity contribution in [2.45, 2.75) is 36.6 Å². The summed E-state index contributed by atoms with van der Waals surface area (Å²) in [4.78, 5) is 13.4. The van der Waals surface area contributed by atoms with E-state index in [0.29, 0.717) is 12.0 Å². The van der Waals surface area contributed by atoms with Gasteiger partial charge in [-0.05, 0) is 32.1 Å². The number of sulfonamides is 1. The number of allylic oxidation sites excluding steroid dienone is 1. The normalized spacial score (nSPS) is 20.5. The van der Waals surface area contributed by atoms with Crippen LogP contribution in [0.2, 0.25) is 0 Å². The van der Waals surface area contributed by atoms with Gasteiger partial charge in [-0.25, -0.2) is 23.4 Å². The molecule has 0 bridgehead atoms. The lowest BCUT2D eigenvalue weighted by molar-refractivity contribution is -0.259. The van der Waals surface area contributed by atoms with Gasteiger partial charge in [-0.15, -0.1) is 0 Å². The number of hydrogen-bond donors (Lipinski definition) is 2. The highest BCUT2D eigenvalue weighted by atomic mass is 35.5. The van der Waals surface area contributed by atoms with E-state index in [1.165, 1.54) is 22.6 Å². The molecule has 1 aliphatic heterocycles. The number of pyridine rings is 1. The molecule has 0 saturated carbocycles. The number of halogens is 4. The minimum Gasteiger partial charge on any atom is -0.384 e. The fraction of sp³-hybridized carbons (Fsp3) is 0.421. The standard InChI is InChI=1S/C19H22ClF3N6O3S/c1-12(20)7-14-11-28(33(31,32)15-3-4-16(24)25-10-15)5-6-29(14)17-26-8-13(9-27-17)18(2,30)19(21,22)23/h3-4,7-10,14,30H,5-6,11H2,1-2H3,(H2,24,25)/b12-7+/t14-,18?/m0/s1. The Bertz CT molecular complexity index is 1120. The number of anilines is 2. The average molecular weight is 507 g/mol. The average Bonchev–Trinajstić information content (AvgIpc) is 2.73. The number of aromatic nitrogens is 3. The van der Waals surface area contributed by atoms with Crippen LogP contribution in [0.15, 0.2) is 46.7 Å². The third-order valence-corrected chi connectivity index (χ3v) is 7.18. The molecule has 2 atom stereocenters. The van der Waals surface area contributed by atoms with Gasteiger partial charge in [0, 0.05) is 48.8 Å². The highest BCUT2D eigenvalue weighted by Gasteiger charge is 2.51. The van der Waals surface area contributed by atoms with E-state index in [0.717, 1.165) is 12.4 Å². The number of alkyl halides is 3. The summed E-state index contributed by atoms with van der Waals surface area (Å²) in [6.07, 6.45) is -0.340. The zero-order chi connectivity index (χ0) is 24.6. The van der Waals surface area contributed by atoms with Gasteiger partial charge in [-0.3, -0.25) is 0 Å². The summed E-state index contributed by atoms with van der Waals surface area (Å²) in [6, 6.07) is 2.15. The number of aliphatic hydroxyl groups is 1. The first kappa shape index (κ1) is 25.1. The van der Waals surface area contributed by atoms with Gasteiger partial charge in [-0.2, -0.15) is 17.5 Å². The number of hydrogen-bond acceptors (Lipinski definition) is 8. The monoisotopic (exact) mass is 506 g/mol. The Balaban J connectivity index is 1.88. The summed E-state index contributed by atoms with van der Waals surface area (Å²) in [7, 11) is -3.88. The van der Waals surface area contributed by atoms with E-state index in [-0.39, 0.29) is 36.3 Å². The fourth-order valence-electron chi connectivity index (χ4n) is 3.24. The minimum absolute atomic E-state index is 0.0118. The summed E-state index contributed by atoms with van der Waals surface area (Å²) < 4.78 is 66.6. The molecular weight excluding hydrogens is 485 g/mol. The van der Waals surface area contributed by atoms with Crippen LogP contribution in [-0.2, 0) is 15.6 Å². The Morgan fingerprint density at radius 1 is 1.21 bits per heavy atom. The van der Waals surface area contributed by atoms with Crippen LogP contribution in [0.1, 0.15) is 19.4 Å². The Morgan fingerprint density at radius 3 is 2.36 bits per heavy atom. The molecule has 9 nitrogen and oxygen atoms in total. The number of rotatable bonds is 5. The first-order chi connectivity index (χ1) is 15.2. The zero-order valence-electron chi connectivity index (χ0n) is 17.7. The molecular formula is C19H22ClF3N6O3S. The number of nitrogens with two attached hydrogens (primary N) is 1. The molecule has 33 heavy (non-hydrogen) atoms. The molecule has 1 saturated heterocycles. The van der Waals surface area contributed by atoms with E-state index in [4.69, 9.17) is 17.3 Å². The molecule has 1 unspecified atom stereocenters. The Labute approximate surface area is 193 Å². The summed E-state index contributed by atoms with van der Waals surface area (Å²) in [5.41, 5.74) is 1.90. The molecule has 1 fully saturated rings. The first-order valence-electron chi connectivity index (χ1n) is 9.67. The number of piperazine rings is 1. The lowest BCUT2D eigenvalue weighted by atomic mass is 9.99. The lowest BCUT2D eigenvalue weighted by Crippen LogP contribution is -2.54. The predicted molar refractivity (Wildman–Crippen MR) is 116 cm³/mol. The summed E-state index contributed by atoms with van der Waals surface area (Å²) in [5, 5.41) is 10.2. The van der Waals surface area contributed by atoms with Gasteiger partial charge in [0.05, 0.1) is 6.04 Å². The molecule has 0 radical (unpaired) electrons. The van der Waals surface area contributed by atoms with Crippen molar-refractivity contribution < 1.29 is 26.7 Å². The van der Waals surface area contributed by atoms with Gasteiger partial charge in [0.15, 0.2) is 5.60 Å². The van der Waals surface area contributed by atoms with E-state index in [1.807, 2.05) is 0 Å². The molecule has 2 aromatic heterocycles. The molecule has 2 aromatic rings. The van der Waals surface area contributed by atoms with Crippen molar-refractivity contribution in [2.24, 2.45) is 0 Å². The number of nitrogen functional groups attached to an aromatic ring is 1. The first-order valence-corrected chi connectivity index (χ1v) is 11.5. The molecule has 0 spiro atoms. The van der Waals surface area contributed by atoms with Crippen LogP contribution in [0.25, 0.3) is 0 Å². The molecule has 1 aliphatic rings. The van der Waals surface area contributed by atoms with Crippen molar-refractivity contribution >= 4 is 33.4 Å². The van der Waals surface area contributed by atoms with Gasteiger partial charge in [0.1, 0.15) is 10.7 Å². The highest BCUT2D eigenvalue weighted by Crippen LogP contribution is 2.38. The summed E-state index contributed by atoms with van der Waals surface area (Å²) >= 11 is 6.04. The summed E-state index contributed by atoms with van der Waals surface area (Å²) in [6.45, 7) is 2.42. The van der Waals surface area contributed by atoms with Crippen molar-refractivity contribution in [2.75, 3.05) is 30.3 Å². The third kappa shape index (κ3) is 5.21. The van der Waals surface area contributed by atoms with E-state index >= 15 is 0 Å². The largest absolute Gasteiger partial charge is 0.421 e. The Hall–Kier alpha value is -2.48. The second kappa shape index (κ2) is 9.05. The molecule has 0 aliphatic carbocycles. The van der Waals surface area contributed by atoms with Gasteiger partial charge in [-0.1, -0.05) is 11.6 Å². The second-order valence-electron chi connectivity index (χ2n) is 7.64. The zero-order valence-corrected chi connectivity index (χ0v) is 19.2.